The van der Waals surface area contributed by atoms with Crippen LogP contribution in [0.5, 0.6) is 11.5 Å². The van der Waals surface area contributed by atoms with Gasteiger partial charge in [0.2, 0.25) is 0 Å². The van der Waals surface area contributed by atoms with Gasteiger partial charge in [0.25, 0.3) is 0 Å². The molecule has 0 aromatic heterocycles. The van der Waals surface area contributed by atoms with Gasteiger partial charge in [0, 0.05) is 6.42 Å². The van der Waals surface area contributed by atoms with Gasteiger partial charge >= 0.3 is 0 Å². The third-order valence-corrected chi connectivity index (χ3v) is 6.48. The van der Waals surface area contributed by atoms with E-state index in [9.17, 15) is 30.6 Å². The first-order valence-electron chi connectivity index (χ1n) is 12.0. The first kappa shape index (κ1) is 26.9. The summed E-state index contributed by atoms with van der Waals surface area (Å²) in [7, 11) is 0. The molecule has 0 unspecified atom stereocenters. The molecule has 36 heavy (non-hydrogen) atoms. The van der Waals surface area contributed by atoms with Crippen molar-refractivity contribution in [2.45, 2.75) is 75.4 Å². The van der Waals surface area contributed by atoms with Crippen molar-refractivity contribution < 1.29 is 49.6 Å². The highest BCUT2D eigenvalue weighted by atomic mass is 16.7. The lowest BCUT2D eigenvalue weighted by molar-refractivity contribution is -0.327. The average Bonchev–Trinajstić information content (AvgIpc) is 2.83. The molecular weight excluding hydrogens is 472 g/mol. The molecule has 0 spiro atoms. The average molecular weight is 507 g/mol. The maximum absolute atomic E-state index is 11.1. The van der Waals surface area contributed by atoms with E-state index >= 15 is 0 Å². The molecule has 198 valence electrons. The minimum absolute atomic E-state index is 0.00551. The zero-order valence-electron chi connectivity index (χ0n) is 20.2. The Kier molecular flexibility index (Phi) is 8.61. The number of aryl methyl sites for hydroxylation is 2. The first-order chi connectivity index (χ1) is 17.2. The van der Waals surface area contributed by atoms with E-state index < -0.39 is 68.3 Å². The molecule has 0 aliphatic carbocycles. The van der Waals surface area contributed by atoms with Crippen LogP contribution in [-0.2, 0) is 14.2 Å². The predicted octanol–water partition coefficient (Wildman–Crippen LogP) is 0.464. The van der Waals surface area contributed by atoms with Gasteiger partial charge < -0.3 is 49.6 Å². The van der Waals surface area contributed by atoms with Gasteiger partial charge in [-0.1, -0.05) is 18.2 Å². The molecule has 0 amide bonds. The summed E-state index contributed by atoms with van der Waals surface area (Å²) in [5, 5.41) is 61.5. The van der Waals surface area contributed by atoms with Gasteiger partial charge in [0.15, 0.2) is 6.29 Å². The lowest BCUT2D eigenvalue weighted by atomic mass is 9.90. The molecule has 10 heteroatoms. The fourth-order valence-corrected chi connectivity index (χ4v) is 4.71. The van der Waals surface area contributed by atoms with E-state index in [-0.39, 0.29) is 6.42 Å². The maximum atomic E-state index is 11.1. The number of aliphatic hydroxyl groups excluding tert-OH is 6. The molecule has 2 heterocycles. The van der Waals surface area contributed by atoms with Gasteiger partial charge in [0.05, 0.1) is 25.4 Å². The van der Waals surface area contributed by atoms with Crippen LogP contribution in [-0.4, -0.2) is 92.9 Å². The Hall–Kier alpha value is -2.12. The Labute approximate surface area is 209 Å². The molecule has 0 bridgehead atoms. The fraction of sp³-hybridized carbons (Fsp3) is 0.538. The Balaban J connectivity index is 1.56. The van der Waals surface area contributed by atoms with Crippen molar-refractivity contribution in [1.82, 2.24) is 0 Å². The zero-order chi connectivity index (χ0) is 26.0. The van der Waals surface area contributed by atoms with Crippen LogP contribution in [0.15, 0.2) is 42.5 Å². The largest absolute Gasteiger partial charge is 0.457 e. The van der Waals surface area contributed by atoms with E-state index in [4.69, 9.17) is 18.9 Å². The molecule has 10 nitrogen and oxygen atoms in total. The number of hydrogen-bond acceptors (Lipinski definition) is 10. The molecule has 2 aliphatic heterocycles. The Bertz CT molecular complexity index is 996. The van der Waals surface area contributed by atoms with E-state index in [0.717, 1.165) is 11.1 Å². The van der Waals surface area contributed by atoms with Gasteiger partial charge in [-0.15, -0.1) is 0 Å². The standard InChI is InChI=1S/C26H34O10/c1-13-6-14(2)8-17(7-13)33-16-5-3-4-15(9-16)24-23(32)25(22(31)20(12-28)35-24)36-26-21(30)19(29)10-18(11-27)34-26/h3-9,18-32H,10-12H2,1-2H3/t18-,19-,20+,21-,22+,23+,24+,25-,26+/m0/s1. The summed E-state index contributed by atoms with van der Waals surface area (Å²) in [6.07, 6.45) is -11.2. The summed E-state index contributed by atoms with van der Waals surface area (Å²) in [6, 6.07) is 12.7. The molecule has 2 aromatic carbocycles. The minimum Gasteiger partial charge on any atom is -0.457 e. The van der Waals surface area contributed by atoms with Crippen LogP contribution in [0, 0.1) is 13.8 Å². The van der Waals surface area contributed by atoms with Gasteiger partial charge in [-0.25, -0.2) is 0 Å². The zero-order valence-corrected chi connectivity index (χ0v) is 20.2. The summed E-state index contributed by atoms with van der Waals surface area (Å²) >= 11 is 0. The molecular formula is C26H34O10. The second-order valence-electron chi connectivity index (χ2n) is 9.46. The number of rotatable bonds is 7. The highest BCUT2D eigenvalue weighted by molar-refractivity contribution is 5.39. The maximum Gasteiger partial charge on any atom is 0.186 e. The minimum atomic E-state index is -1.46. The van der Waals surface area contributed by atoms with Crippen molar-refractivity contribution in [3.8, 4) is 11.5 Å². The Morgan fingerprint density at radius 2 is 1.56 bits per heavy atom. The second kappa shape index (κ2) is 11.5. The molecule has 4 rings (SSSR count). The summed E-state index contributed by atoms with van der Waals surface area (Å²) in [5.41, 5.74) is 2.61. The highest BCUT2D eigenvalue weighted by Crippen LogP contribution is 2.37. The van der Waals surface area contributed by atoms with Gasteiger partial charge in [0.1, 0.15) is 48.1 Å². The molecule has 0 radical (unpaired) electrons. The quantitative estimate of drug-likeness (QED) is 0.312. The molecule has 6 N–H and O–H groups in total. The van der Waals surface area contributed by atoms with E-state index in [1.54, 1.807) is 24.3 Å². The van der Waals surface area contributed by atoms with Gasteiger partial charge in [-0.05, 0) is 54.8 Å². The van der Waals surface area contributed by atoms with Crippen LogP contribution < -0.4 is 4.74 Å². The van der Waals surface area contributed by atoms with Crippen LogP contribution in [0.25, 0.3) is 0 Å². The van der Waals surface area contributed by atoms with Crippen LogP contribution in [0.4, 0.5) is 0 Å². The molecule has 2 saturated heterocycles. The summed E-state index contributed by atoms with van der Waals surface area (Å²) in [5.74, 6) is 1.15. The van der Waals surface area contributed by atoms with Gasteiger partial charge in [-0.2, -0.15) is 0 Å². The Morgan fingerprint density at radius 1 is 0.833 bits per heavy atom. The monoisotopic (exact) mass is 506 g/mol. The lowest BCUT2D eigenvalue weighted by Crippen LogP contribution is -2.60. The number of aliphatic hydroxyl groups is 6. The number of hydrogen-bond donors (Lipinski definition) is 6. The highest BCUT2D eigenvalue weighted by Gasteiger charge is 2.49. The van der Waals surface area contributed by atoms with Gasteiger partial charge in [-0.3, -0.25) is 0 Å². The number of benzene rings is 2. The summed E-state index contributed by atoms with van der Waals surface area (Å²) in [6.45, 7) is 2.98. The third-order valence-electron chi connectivity index (χ3n) is 6.48. The predicted molar refractivity (Wildman–Crippen MR) is 126 cm³/mol. The van der Waals surface area contributed by atoms with Crippen LogP contribution >= 0.6 is 0 Å². The van der Waals surface area contributed by atoms with E-state index in [1.165, 1.54) is 0 Å². The smallest absolute Gasteiger partial charge is 0.186 e. The molecule has 2 aliphatic rings. The second-order valence-corrected chi connectivity index (χ2v) is 9.46. The lowest BCUT2D eigenvalue weighted by Gasteiger charge is -2.45. The van der Waals surface area contributed by atoms with E-state index in [0.29, 0.717) is 17.1 Å². The normalized spacial score (nSPS) is 34.9. The van der Waals surface area contributed by atoms with Crippen molar-refractivity contribution in [3.05, 3.63) is 59.2 Å². The summed E-state index contributed by atoms with van der Waals surface area (Å²) in [4.78, 5) is 0. The van der Waals surface area contributed by atoms with Crippen LogP contribution in [0.3, 0.4) is 0 Å². The molecule has 0 saturated carbocycles. The van der Waals surface area contributed by atoms with Crippen LogP contribution in [0.1, 0.15) is 29.2 Å². The van der Waals surface area contributed by atoms with Crippen molar-refractivity contribution in [3.63, 3.8) is 0 Å². The number of ether oxygens (including phenoxy) is 4. The van der Waals surface area contributed by atoms with Crippen molar-refractivity contribution in [2.24, 2.45) is 0 Å². The van der Waals surface area contributed by atoms with Crippen molar-refractivity contribution >= 4 is 0 Å². The third kappa shape index (κ3) is 5.88. The van der Waals surface area contributed by atoms with E-state index in [2.05, 4.69) is 0 Å². The summed E-state index contributed by atoms with van der Waals surface area (Å²) < 4.78 is 23.1. The topological polar surface area (TPSA) is 158 Å². The van der Waals surface area contributed by atoms with Crippen LogP contribution in [0.2, 0.25) is 0 Å². The molecule has 2 fully saturated rings. The first-order valence-corrected chi connectivity index (χ1v) is 12.0. The van der Waals surface area contributed by atoms with E-state index in [1.807, 2.05) is 32.0 Å². The Morgan fingerprint density at radius 3 is 2.22 bits per heavy atom. The van der Waals surface area contributed by atoms with Crippen molar-refractivity contribution in [2.75, 3.05) is 13.2 Å². The fourth-order valence-electron chi connectivity index (χ4n) is 4.71. The molecule has 2 aromatic rings. The molecule has 9 atom stereocenters. The SMILES string of the molecule is Cc1cc(C)cc(Oc2cccc([C@H]3O[C@H](CO)[C@@H](O)[C@H](O[C@H]4O[C@H](CO)C[C@H](O)[C@@H]4O)[C@@H]3O)c2)c1. The van der Waals surface area contributed by atoms with Crippen molar-refractivity contribution in [1.29, 1.82) is 0 Å².